The monoisotopic (exact) mass is 359 g/mol. The van der Waals surface area contributed by atoms with E-state index in [0.717, 1.165) is 0 Å². The minimum atomic E-state index is -0.594. The van der Waals surface area contributed by atoms with Crippen molar-refractivity contribution in [3.05, 3.63) is 58.8 Å². The van der Waals surface area contributed by atoms with Crippen molar-refractivity contribution in [1.29, 1.82) is 0 Å². The van der Waals surface area contributed by atoms with E-state index in [-0.39, 0.29) is 35.1 Å². The molecular weight excluding hydrogens is 337 g/mol. The van der Waals surface area contributed by atoms with Crippen molar-refractivity contribution >= 4 is 11.6 Å². The Morgan fingerprint density at radius 2 is 2.15 bits per heavy atom. The SMILES string of the molecule is COC1CC(C(=O)Nc2ccc(-n3ccccc3=O)cc2F)CC1CN. The third-order valence-electron chi connectivity index (χ3n) is 4.92. The van der Waals surface area contributed by atoms with Gasteiger partial charge in [-0.3, -0.25) is 14.2 Å². The van der Waals surface area contributed by atoms with Gasteiger partial charge in [0.15, 0.2) is 0 Å². The van der Waals surface area contributed by atoms with Gasteiger partial charge in [-0.25, -0.2) is 4.39 Å². The number of halogens is 1. The molecule has 1 heterocycles. The van der Waals surface area contributed by atoms with E-state index in [1.54, 1.807) is 31.5 Å². The zero-order valence-electron chi connectivity index (χ0n) is 14.5. The largest absolute Gasteiger partial charge is 0.381 e. The summed E-state index contributed by atoms with van der Waals surface area (Å²) < 4.78 is 21.1. The number of rotatable bonds is 5. The fraction of sp³-hybridized carbons (Fsp3) is 0.368. The molecule has 3 rings (SSSR count). The molecule has 1 aliphatic carbocycles. The third-order valence-corrected chi connectivity index (χ3v) is 4.92. The molecule has 26 heavy (non-hydrogen) atoms. The van der Waals surface area contributed by atoms with E-state index < -0.39 is 5.82 Å². The molecule has 1 amide bonds. The molecule has 1 aromatic carbocycles. The van der Waals surface area contributed by atoms with Crippen LogP contribution in [0.25, 0.3) is 5.69 Å². The maximum atomic E-state index is 14.4. The van der Waals surface area contributed by atoms with Crippen LogP contribution in [0.1, 0.15) is 12.8 Å². The number of aromatic nitrogens is 1. The van der Waals surface area contributed by atoms with Crippen LogP contribution in [0.4, 0.5) is 10.1 Å². The van der Waals surface area contributed by atoms with Crippen LogP contribution >= 0.6 is 0 Å². The van der Waals surface area contributed by atoms with Crippen LogP contribution < -0.4 is 16.6 Å². The minimum Gasteiger partial charge on any atom is -0.381 e. The Labute approximate surface area is 150 Å². The first-order valence-corrected chi connectivity index (χ1v) is 8.54. The average Bonchev–Trinajstić information content (AvgIpc) is 3.07. The fourth-order valence-corrected chi connectivity index (χ4v) is 3.47. The molecule has 1 fully saturated rings. The molecule has 7 heteroatoms. The summed E-state index contributed by atoms with van der Waals surface area (Å²) in [6.07, 6.45) is 2.71. The molecule has 1 aliphatic rings. The van der Waals surface area contributed by atoms with Crippen LogP contribution in [-0.2, 0) is 9.53 Å². The highest BCUT2D eigenvalue weighted by molar-refractivity contribution is 5.93. The molecule has 2 aromatic rings. The first-order chi connectivity index (χ1) is 12.5. The zero-order chi connectivity index (χ0) is 18.7. The molecule has 1 saturated carbocycles. The van der Waals surface area contributed by atoms with Crippen molar-refractivity contribution in [2.75, 3.05) is 19.0 Å². The summed E-state index contributed by atoms with van der Waals surface area (Å²) in [6, 6.07) is 8.99. The Hall–Kier alpha value is -2.51. The molecule has 0 saturated heterocycles. The van der Waals surface area contributed by atoms with E-state index >= 15 is 0 Å². The van der Waals surface area contributed by atoms with Gasteiger partial charge < -0.3 is 15.8 Å². The lowest BCUT2D eigenvalue weighted by Gasteiger charge is -2.14. The number of amides is 1. The summed E-state index contributed by atoms with van der Waals surface area (Å²) >= 11 is 0. The van der Waals surface area contributed by atoms with E-state index in [9.17, 15) is 14.0 Å². The maximum Gasteiger partial charge on any atom is 0.255 e. The van der Waals surface area contributed by atoms with Crippen LogP contribution in [0.5, 0.6) is 0 Å². The van der Waals surface area contributed by atoms with E-state index in [1.165, 1.54) is 22.8 Å². The van der Waals surface area contributed by atoms with Gasteiger partial charge in [0.2, 0.25) is 5.91 Å². The number of carbonyl (C=O) groups is 1. The van der Waals surface area contributed by atoms with E-state index in [4.69, 9.17) is 10.5 Å². The number of nitrogens with one attached hydrogen (secondary N) is 1. The second-order valence-electron chi connectivity index (χ2n) is 6.50. The Morgan fingerprint density at radius 3 is 2.77 bits per heavy atom. The Morgan fingerprint density at radius 1 is 1.35 bits per heavy atom. The number of benzene rings is 1. The molecular formula is C19H22FN3O3. The molecule has 3 unspecified atom stereocenters. The molecule has 0 bridgehead atoms. The molecule has 138 valence electrons. The highest BCUT2D eigenvalue weighted by Gasteiger charge is 2.37. The first-order valence-electron chi connectivity index (χ1n) is 8.54. The van der Waals surface area contributed by atoms with Gasteiger partial charge >= 0.3 is 0 Å². The molecule has 6 nitrogen and oxygen atoms in total. The predicted octanol–water partition coefficient (Wildman–Crippen LogP) is 1.92. The third kappa shape index (κ3) is 3.68. The van der Waals surface area contributed by atoms with Crippen molar-refractivity contribution in [1.82, 2.24) is 4.57 Å². The summed E-state index contributed by atoms with van der Waals surface area (Å²) in [5.74, 6) is -0.966. The number of nitrogens with two attached hydrogens (primary N) is 1. The van der Waals surface area contributed by atoms with Gasteiger partial charge in [-0.1, -0.05) is 6.07 Å². The maximum absolute atomic E-state index is 14.4. The normalized spacial score (nSPS) is 22.3. The summed E-state index contributed by atoms with van der Waals surface area (Å²) in [5, 5.41) is 2.64. The number of hydrogen-bond acceptors (Lipinski definition) is 4. The summed E-state index contributed by atoms with van der Waals surface area (Å²) in [5.41, 5.74) is 5.96. The van der Waals surface area contributed by atoms with Gasteiger partial charge in [0.1, 0.15) is 5.82 Å². The van der Waals surface area contributed by atoms with Crippen molar-refractivity contribution in [2.24, 2.45) is 17.6 Å². The minimum absolute atomic E-state index is 0.0482. The fourth-order valence-electron chi connectivity index (χ4n) is 3.47. The lowest BCUT2D eigenvalue weighted by Crippen LogP contribution is -2.23. The molecule has 1 aromatic heterocycles. The lowest BCUT2D eigenvalue weighted by molar-refractivity contribution is -0.120. The first kappa shape index (κ1) is 18.3. The Bertz CT molecular complexity index is 840. The van der Waals surface area contributed by atoms with Gasteiger partial charge in [-0.2, -0.15) is 0 Å². The van der Waals surface area contributed by atoms with Crippen LogP contribution in [0, 0.1) is 17.7 Å². The topological polar surface area (TPSA) is 86.3 Å². The highest BCUT2D eigenvalue weighted by atomic mass is 19.1. The molecule has 0 aliphatic heterocycles. The van der Waals surface area contributed by atoms with Gasteiger partial charge in [0.25, 0.3) is 5.56 Å². The van der Waals surface area contributed by atoms with Gasteiger partial charge in [-0.05, 0) is 43.5 Å². The summed E-state index contributed by atoms with van der Waals surface area (Å²) in [6.45, 7) is 0.456. The molecule has 3 atom stereocenters. The Balaban J connectivity index is 1.74. The van der Waals surface area contributed by atoms with Gasteiger partial charge in [0, 0.05) is 31.4 Å². The van der Waals surface area contributed by atoms with Gasteiger partial charge in [-0.15, -0.1) is 0 Å². The quantitative estimate of drug-likeness (QED) is 0.854. The number of ether oxygens (including phenoxy) is 1. The lowest BCUT2D eigenvalue weighted by atomic mass is 10.0. The van der Waals surface area contributed by atoms with Crippen LogP contribution in [0.3, 0.4) is 0 Å². The second-order valence-corrected chi connectivity index (χ2v) is 6.50. The number of methoxy groups -OCH3 is 1. The predicted molar refractivity (Wildman–Crippen MR) is 96.7 cm³/mol. The highest BCUT2D eigenvalue weighted by Crippen LogP contribution is 2.33. The summed E-state index contributed by atoms with van der Waals surface area (Å²) in [7, 11) is 1.61. The van der Waals surface area contributed by atoms with E-state index in [1.807, 2.05) is 0 Å². The van der Waals surface area contributed by atoms with Gasteiger partial charge in [0.05, 0.1) is 17.5 Å². The number of pyridine rings is 1. The zero-order valence-corrected chi connectivity index (χ0v) is 14.5. The molecule has 3 N–H and O–H groups in total. The smallest absolute Gasteiger partial charge is 0.255 e. The molecule has 0 spiro atoms. The van der Waals surface area contributed by atoms with Crippen molar-refractivity contribution in [3.8, 4) is 5.69 Å². The van der Waals surface area contributed by atoms with E-state index in [0.29, 0.717) is 25.1 Å². The second kappa shape index (κ2) is 7.80. The van der Waals surface area contributed by atoms with Crippen LogP contribution in [-0.4, -0.2) is 30.2 Å². The standard InChI is InChI=1S/C19H22FN3O3/c1-26-17-9-12(8-13(17)11-21)19(25)22-16-6-5-14(10-15(16)20)23-7-3-2-4-18(23)24/h2-7,10,12-13,17H,8-9,11,21H2,1H3,(H,22,25). The number of anilines is 1. The van der Waals surface area contributed by atoms with Crippen molar-refractivity contribution in [3.63, 3.8) is 0 Å². The number of nitrogens with zero attached hydrogens (tertiary/aromatic N) is 1. The number of carbonyl (C=O) groups excluding carboxylic acids is 1. The van der Waals surface area contributed by atoms with Crippen molar-refractivity contribution < 1.29 is 13.9 Å². The van der Waals surface area contributed by atoms with Crippen molar-refractivity contribution in [2.45, 2.75) is 18.9 Å². The molecule has 0 radical (unpaired) electrons. The Kier molecular flexibility index (Phi) is 5.49. The van der Waals surface area contributed by atoms with Crippen LogP contribution in [0.2, 0.25) is 0 Å². The number of hydrogen-bond donors (Lipinski definition) is 2. The van der Waals surface area contributed by atoms with E-state index in [2.05, 4.69) is 5.32 Å². The summed E-state index contributed by atoms with van der Waals surface area (Å²) in [4.78, 5) is 24.3. The van der Waals surface area contributed by atoms with Crippen LogP contribution in [0.15, 0.2) is 47.4 Å². The average molecular weight is 359 g/mol.